The smallest absolute Gasteiger partial charge is 0.0874 e. The zero-order valence-corrected chi connectivity index (χ0v) is 12.6. The lowest BCUT2D eigenvalue weighted by Gasteiger charge is -2.35. The number of morpholine rings is 1. The van der Waals surface area contributed by atoms with E-state index in [0.717, 1.165) is 26.2 Å². The van der Waals surface area contributed by atoms with Gasteiger partial charge in [-0.25, -0.2) is 0 Å². The first-order valence-electron chi connectivity index (χ1n) is 7.23. The van der Waals surface area contributed by atoms with Gasteiger partial charge in [0.25, 0.3) is 0 Å². The minimum atomic E-state index is 0.290. The molecule has 3 heteroatoms. The molecule has 0 amide bonds. The molecule has 2 rings (SSSR count). The van der Waals surface area contributed by atoms with E-state index < -0.39 is 0 Å². The summed E-state index contributed by atoms with van der Waals surface area (Å²) >= 11 is 0. The highest BCUT2D eigenvalue weighted by Crippen LogP contribution is 2.15. The van der Waals surface area contributed by atoms with Crippen LogP contribution in [-0.4, -0.2) is 43.3 Å². The highest BCUT2D eigenvalue weighted by Gasteiger charge is 2.21. The van der Waals surface area contributed by atoms with Crippen molar-refractivity contribution in [3.05, 3.63) is 29.3 Å². The van der Waals surface area contributed by atoms with Crippen molar-refractivity contribution in [2.75, 3.05) is 31.6 Å². The molecule has 19 heavy (non-hydrogen) atoms. The predicted molar refractivity (Wildman–Crippen MR) is 80.9 cm³/mol. The zero-order chi connectivity index (χ0) is 13.8. The van der Waals surface area contributed by atoms with Crippen LogP contribution in [0.1, 0.15) is 25.0 Å². The van der Waals surface area contributed by atoms with Gasteiger partial charge in [-0.05, 0) is 51.0 Å². The number of anilines is 1. The SMILES string of the molecule is Cc1ccc(NCC2CN(C(C)C)CCO2)cc1C. The normalized spacial score (nSPS) is 20.8. The van der Waals surface area contributed by atoms with Crippen LogP contribution in [0, 0.1) is 13.8 Å². The van der Waals surface area contributed by atoms with E-state index in [1.807, 2.05) is 0 Å². The molecule has 0 aliphatic carbocycles. The second kappa shape index (κ2) is 6.40. The molecule has 1 atom stereocenters. The Morgan fingerprint density at radius 3 is 2.79 bits per heavy atom. The number of benzene rings is 1. The van der Waals surface area contributed by atoms with Crippen molar-refractivity contribution in [2.24, 2.45) is 0 Å². The van der Waals surface area contributed by atoms with Gasteiger partial charge >= 0.3 is 0 Å². The van der Waals surface area contributed by atoms with E-state index in [-0.39, 0.29) is 6.10 Å². The van der Waals surface area contributed by atoms with Crippen molar-refractivity contribution in [1.29, 1.82) is 0 Å². The summed E-state index contributed by atoms with van der Waals surface area (Å²) in [4.78, 5) is 2.48. The standard InChI is InChI=1S/C16H26N2O/c1-12(2)18-7-8-19-16(11-18)10-17-15-6-5-13(3)14(4)9-15/h5-6,9,12,16-17H,7-8,10-11H2,1-4H3. The molecule has 0 bridgehead atoms. The fourth-order valence-electron chi connectivity index (χ4n) is 2.42. The Labute approximate surface area is 116 Å². The molecular weight excluding hydrogens is 236 g/mol. The third kappa shape index (κ3) is 3.95. The number of rotatable bonds is 4. The van der Waals surface area contributed by atoms with Gasteiger partial charge in [-0.2, -0.15) is 0 Å². The maximum absolute atomic E-state index is 5.83. The predicted octanol–water partition coefficient (Wildman–Crippen LogP) is 2.82. The summed E-state index contributed by atoms with van der Waals surface area (Å²) in [7, 11) is 0. The van der Waals surface area contributed by atoms with Gasteiger partial charge in [-0.1, -0.05) is 6.07 Å². The van der Waals surface area contributed by atoms with E-state index in [2.05, 4.69) is 56.1 Å². The maximum atomic E-state index is 5.83. The molecule has 1 aliphatic heterocycles. The number of hydrogen-bond donors (Lipinski definition) is 1. The first-order valence-corrected chi connectivity index (χ1v) is 7.23. The minimum Gasteiger partial charge on any atom is -0.382 e. The topological polar surface area (TPSA) is 24.5 Å². The molecule has 3 nitrogen and oxygen atoms in total. The Hall–Kier alpha value is -1.06. The fraction of sp³-hybridized carbons (Fsp3) is 0.625. The van der Waals surface area contributed by atoms with Crippen molar-refractivity contribution in [1.82, 2.24) is 4.90 Å². The van der Waals surface area contributed by atoms with Crippen molar-refractivity contribution >= 4 is 5.69 Å². The summed E-state index contributed by atoms with van der Waals surface area (Å²) in [5, 5.41) is 3.49. The summed E-state index contributed by atoms with van der Waals surface area (Å²) in [6.45, 7) is 12.6. The van der Waals surface area contributed by atoms with Gasteiger partial charge < -0.3 is 10.1 Å². The first kappa shape index (κ1) is 14.4. The quantitative estimate of drug-likeness (QED) is 0.903. The van der Waals surface area contributed by atoms with E-state index in [0.29, 0.717) is 6.04 Å². The largest absolute Gasteiger partial charge is 0.382 e. The van der Waals surface area contributed by atoms with Crippen LogP contribution in [0.25, 0.3) is 0 Å². The summed E-state index contributed by atoms with van der Waals surface area (Å²) in [5.74, 6) is 0. The van der Waals surface area contributed by atoms with Crippen LogP contribution >= 0.6 is 0 Å². The third-order valence-corrected chi connectivity index (χ3v) is 3.94. The molecule has 1 unspecified atom stereocenters. The lowest BCUT2D eigenvalue weighted by Crippen LogP contribution is -2.48. The van der Waals surface area contributed by atoms with Gasteiger partial charge in [-0.3, -0.25) is 4.90 Å². The molecule has 0 spiro atoms. The highest BCUT2D eigenvalue weighted by molar-refractivity contribution is 5.48. The first-order chi connectivity index (χ1) is 9.06. The number of nitrogens with zero attached hydrogens (tertiary/aromatic N) is 1. The molecular formula is C16H26N2O. The van der Waals surface area contributed by atoms with Gasteiger partial charge in [0, 0.05) is 31.4 Å². The summed E-state index contributed by atoms with van der Waals surface area (Å²) in [6, 6.07) is 7.12. The van der Waals surface area contributed by atoms with Crippen LogP contribution < -0.4 is 5.32 Å². The van der Waals surface area contributed by atoms with Crippen LogP contribution in [0.4, 0.5) is 5.69 Å². The average Bonchev–Trinajstić information content (AvgIpc) is 2.40. The summed E-state index contributed by atoms with van der Waals surface area (Å²) in [6.07, 6.45) is 0.290. The van der Waals surface area contributed by atoms with Gasteiger partial charge in [0.1, 0.15) is 0 Å². The van der Waals surface area contributed by atoms with Crippen LogP contribution in [0.2, 0.25) is 0 Å². The van der Waals surface area contributed by atoms with Crippen LogP contribution in [0.15, 0.2) is 18.2 Å². The van der Waals surface area contributed by atoms with Gasteiger partial charge in [0.2, 0.25) is 0 Å². The van der Waals surface area contributed by atoms with Crippen LogP contribution in [-0.2, 0) is 4.74 Å². The number of hydrogen-bond acceptors (Lipinski definition) is 3. The van der Waals surface area contributed by atoms with E-state index >= 15 is 0 Å². The Bertz CT molecular complexity index is 417. The lowest BCUT2D eigenvalue weighted by atomic mass is 10.1. The molecule has 1 fully saturated rings. The van der Waals surface area contributed by atoms with E-state index in [1.54, 1.807) is 0 Å². The van der Waals surface area contributed by atoms with E-state index in [1.165, 1.54) is 16.8 Å². The number of nitrogens with one attached hydrogen (secondary N) is 1. The van der Waals surface area contributed by atoms with Gasteiger partial charge in [0.05, 0.1) is 12.7 Å². The molecule has 106 valence electrons. The van der Waals surface area contributed by atoms with Crippen LogP contribution in [0.5, 0.6) is 0 Å². The molecule has 1 aliphatic rings. The van der Waals surface area contributed by atoms with Crippen molar-refractivity contribution in [2.45, 2.75) is 39.8 Å². The number of ether oxygens (including phenoxy) is 1. The summed E-state index contributed by atoms with van der Waals surface area (Å²) in [5.41, 5.74) is 3.86. The Balaban J connectivity index is 1.86. The maximum Gasteiger partial charge on any atom is 0.0874 e. The van der Waals surface area contributed by atoms with Crippen molar-refractivity contribution < 1.29 is 4.74 Å². The molecule has 1 N–H and O–H groups in total. The molecule has 1 aromatic rings. The Kier molecular flexibility index (Phi) is 4.83. The zero-order valence-electron chi connectivity index (χ0n) is 12.6. The molecule has 1 saturated heterocycles. The molecule has 1 heterocycles. The van der Waals surface area contributed by atoms with E-state index in [4.69, 9.17) is 4.74 Å². The lowest BCUT2D eigenvalue weighted by molar-refractivity contribution is -0.0315. The second-order valence-corrected chi connectivity index (χ2v) is 5.76. The summed E-state index contributed by atoms with van der Waals surface area (Å²) < 4.78 is 5.83. The van der Waals surface area contributed by atoms with Crippen molar-refractivity contribution in [3.63, 3.8) is 0 Å². The molecule has 0 radical (unpaired) electrons. The Morgan fingerprint density at radius 2 is 2.11 bits per heavy atom. The highest BCUT2D eigenvalue weighted by atomic mass is 16.5. The van der Waals surface area contributed by atoms with E-state index in [9.17, 15) is 0 Å². The molecule has 0 saturated carbocycles. The Morgan fingerprint density at radius 1 is 1.32 bits per heavy atom. The van der Waals surface area contributed by atoms with Gasteiger partial charge in [-0.15, -0.1) is 0 Å². The number of aryl methyl sites for hydroxylation is 2. The minimum absolute atomic E-state index is 0.290. The third-order valence-electron chi connectivity index (χ3n) is 3.94. The molecule has 0 aromatic heterocycles. The van der Waals surface area contributed by atoms with Gasteiger partial charge in [0.15, 0.2) is 0 Å². The molecule has 1 aromatic carbocycles. The van der Waals surface area contributed by atoms with Crippen LogP contribution in [0.3, 0.4) is 0 Å². The monoisotopic (exact) mass is 262 g/mol. The average molecular weight is 262 g/mol. The second-order valence-electron chi connectivity index (χ2n) is 5.76. The van der Waals surface area contributed by atoms with Crippen molar-refractivity contribution in [3.8, 4) is 0 Å². The fourth-order valence-corrected chi connectivity index (χ4v) is 2.42.